The number of thioether (sulfide) groups is 1. The zero-order valence-corrected chi connectivity index (χ0v) is 19.4. The Balaban J connectivity index is 1.51. The molecule has 1 aromatic carbocycles. The summed E-state index contributed by atoms with van der Waals surface area (Å²) in [6.45, 7) is 3.82. The first-order valence-corrected chi connectivity index (χ1v) is 12.8. The summed E-state index contributed by atoms with van der Waals surface area (Å²) in [6, 6.07) is 9.44. The number of aromatic nitrogens is 3. The van der Waals surface area contributed by atoms with E-state index in [1.807, 2.05) is 59.5 Å². The molecule has 0 radical (unpaired) electrons. The molecule has 1 saturated heterocycles. The van der Waals surface area contributed by atoms with Gasteiger partial charge in [-0.05, 0) is 38.5 Å². The molecule has 3 heterocycles. The molecule has 7 nitrogen and oxygen atoms in total. The van der Waals surface area contributed by atoms with E-state index in [9.17, 15) is 13.2 Å². The SMILES string of the molecule is COc1cccc(-n2ccnc2SCC(=O)c2cc(C)n(C3CCS(=O)(=O)C3)c2C)c1. The van der Waals surface area contributed by atoms with Gasteiger partial charge in [-0.1, -0.05) is 17.8 Å². The van der Waals surface area contributed by atoms with Crippen LogP contribution < -0.4 is 4.74 Å². The summed E-state index contributed by atoms with van der Waals surface area (Å²) in [5, 5.41) is 0.720. The molecule has 2 aromatic heterocycles. The van der Waals surface area contributed by atoms with E-state index in [0.717, 1.165) is 28.0 Å². The van der Waals surface area contributed by atoms with Crippen LogP contribution in [0.2, 0.25) is 0 Å². The van der Waals surface area contributed by atoms with Crippen LogP contribution >= 0.6 is 11.8 Å². The van der Waals surface area contributed by atoms with Gasteiger partial charge in [0.15, 0.2) is 20.8 Å². The molecule has 0 aliphatic carbocycles. The van der Waals surface area contributed by atoms with Crippen LogP contribution in [0.5, 0.6) is 5.75 Å². The van der Waals surface area contributed by atoms with E-state index in [1.165, 1.54) is 11.8 Å². The lowest BCUT2D eigenvalue weighted by Crippen LogP contribution is -2.14. The minimum absolute atomic E-state index is 0.00500. The van der Waals surface area contributed by atoms with Crippen molar-refractivity contribution in [1.29, 1.82) is 0 Å². The summed E-state index contributed by atoms with van der Waals surface area (Å²) < 4.78 is 33.0. The molecule has 1 fully saturated rings. The van der Waals surface area contributed by atoms with Crippen LogP contribution in [0.15, 0.2) is 47.9 Å². The number of imidazole rings is 1. The van der Waals surface area contributed by atoms with Crippen molar-refractivity contribution in [3.05, 3.63) is 59.7 Å². The van der Waals surface area contributed by atoms with E-state index < -0.39 is 9.84 Å². The third-order valence-electron chi connectivity index (χ3n) is 5.63. The molecule has 0 N–H and O–H groups in total. The summed E-state index contributed by atoms with van der Waals surface area (Å²) in [7, 11) is -1.37. The van der Waals surface area contributed by atoms with Crippen LogP contribution in [0.1, 0.15) is 34.2 Å². The number of methoxy groups -OCH3 is 1. The minimum Gasteiger partial charge on any atom is -0.497 e. The van der Waals surface area contributed by atoms with Gasteiger partial charge in [-0.3, -0.25) is 9.36 Å². The Morgan fingerprint density at radius 1 is 1.29 bits per heavy atom. The van der Waals surface area contributed by atoms with E-state index in [0.29, 0.717) is 12.0 Å². The molecule has 3 aromatic rings. The van der Waals surface area contributed by atoms with Gasteiger partial charge in [0.05, 0.1) is 30.1 Å². The lowest BCUT2D eigenvalue weighted by Gasteiger charge is -2.16. The molecule has 0 bridgehead atoms. The van der Waals surface area contributed by atoms with E-state index in [2.05, 4.69) is 4.98 Å². The molecule has 1 aliphatic heterocycles. The lowest BCUT2D eigenvalue weighted by atomic mass is 10.2. The number of ether oxygens (including phenoxy) is 1. The minimum atomic E-state index is -2.99. The Kier molecular flexibility index (Phi) is 5.98. The quantitative estimate of drug-likeness (QED) is 0.396. The average Bonchev–Trinajstić information content (AvgIpc) is 3.43. The highest BCUT2D eigenvalue weighted by Gasteiger charge is 2.31. The number of rotatable bonds is 7. The van der Waals surface area contributed by atoms with Crippen LogP contribution in [0.3, 0.4) is 0 Å². The maximum atomic E-state index is 13.0. The molecule has 0 saturated carbocycles. The molecule has 1 atom stereocenters. The van der Waals surface area contributed by atoms with E-state index >= 15 is 0 Å². The van der Waals surface area contributed by atoms with Gasteiger partial charge in [-0.2, -0.15) is 0 Å². The zero-order chi connectivity index (χ0) is 22.2. The molecule has 9 heteroatoms. The number of benzene rings is 1. The number of nitrogens with zero attached hydrogens (tertiary/aromatic N) is 3. The number of sulfone groups is 1. The molecular formula is C22H25N3O4S2. The Labute approximate surface area is 186 Å². The van der Waals surface area contributed by atoms with Crippen molar-refractivity contribution in [1.82, 2.24) is 14.1 Å². The fourth-order valence-electron chi connectivity index (χ4n) is 4.16. The Bertz CT molecular complexity index is 1230. The number of carbonyl (C=O) groups excluding carboxylic acids is 1. The van der Waals surface area contributed by atoms with Gasteiger partial charge < -0.3 is 9.30 Å². The molecule has 31 heavy (non-hydrogen) atoms. The van der Waals surface area contributed by atoms with Crippen LogP contribution in [-0.4, -0.2) is 52.7 Å². The van der Waals surface area contributed by atoms with Crippen molar-refractivity contribution in [3.63, 3.8) is 0 Å². The van der Waals surface area contributed by atoms with Crippen molar-refractivity contribution in [2.75, 3.05) is 24.4 Å². The standard InChI is InChI=1S/C22H25N3O4S2/c1-15-11-20(16(2)25(15)18-7-10-31(27,28)14-18)21(26)13-30-22-23-8-9-24(22)17-5-4-6-19(12-17)29-3/h4-6,8-9,11-12,18H,7,10,13-14H2,1-3H3. The first kappa shape index (κ1) is 21.7. The average molecular weight is 460 g/mol. The predicted molar refractivity (Wildman–Crippen MR) is 121 cm³/mol. The molecular weight excluding hydrogens is 434 g/mol. The summed E-state index contributed by atoms with van der Waals surface area (Å²) in [4.78, 5) is 17.4. The maximum Gasteiger partial charge on any atom is 0.175 e. The van der Waals surface area contributed by atoms with Gasteiger partial charge in [0.25, 0.3) is 0 Å². The van der Waals surface area contributed by atoms with Crippen molar-refractivity contribution in [3.8, 4) is 11.4 Å². The highest BCUT2D eigenvalue weighted by molar-refractivity contribution is 7.99. The zero-order valence-electron chi connectivity index (χ0n) is 17.7. The van der Waals surface area contributed by atoms with Gasteiger partial charge in [0.1, 0.15) is 5.75 Å². The van der Waals surface area contributed by atoms with E-state index in [1.54, 1.807) is 13.3 Å². The maximum absolute atomic E-state index is 13.0. The van der Waals surface area contributed by atoms with Crippen LogP contribution in [0, 0.1) is 13.8 Å². The molecule has 4 rings (SSSR count). The predicted octanol–water partition coefficient (Wildman–Crippen LogP) is 3.63. The lowest BCUT2D eigenvalue weighted by molar-refractivity contribution is 0.102. The third-order valence-corrected chi connectivity index (χ3v) is 8.35. The second kappa shape index (κ2) is 8.55. The number of carbonyl (C=O) groups is 1. The topological polar surface area (TPSA) is 83.2 Å². The van der Waals surface area contributed by atoms with E-state index in [4.69, 9.17) is 4.74 Å². The number of aryl methyl sites for hydroxylation is 1. The number of hydrogen-bond donors (Lipinski definition) is 0. The second-order valence-electron chi connectivity index (χ2n) is 7.70. The summed E-state index contributed by atoms with van der Waals surface area (Å²) in [5.74, 6) is 1.35. The van der Waals surface area contributed by atoms with Gasteiger partial charge in [0.2, 0.25) is 0 Å². The summed E-state index contributed by atoms with van der Waals surface area (Å²) in [5.41, 5.74) is 3.31. The summed E-state index contributed by atoms with van der Waals surface area (Å²) in [6.07, 6.45) is 4.16. The normalized spacial score (nSPS) is 17.7. The number of Topliss-reactive ketones (excluding diaryl/α,β-unsaturated/α-hetero) is 1. The fraction of sp³-hybridized carbons (Fsp3) is 0.364. The second-order valence-corrected chi connectivity index (χ2v) is 10.9. The smallest absolute Gasteiger partial charge is 0.175 e. The van der Waals surface area contributed by atoms with Gasteiger partial charge >= 0.3 is 0 Å². The number of ketones is 1. The first-order chi connectivity index (χ1) is 14.8. The summed E-state index contributed by atoms with van der Waals surface area (Å²) >= 11 is 1.38. The molecule has 1 unspecified atom stereocenters. The van der Waals surface area contributed by atoms with Gasteiger partial charge in [-0.15, -0.1) is 0 Å². The molecule has 0 amide bonds. The van der Waals surface area contributed by atoms with E-state index in [-0.39, 0.29) is 29.1 Å². The highest BCUT2D eigenvalue weighted by atomic mass is 32.2. The van der Waals surface area contributed by atoms with Crippen LogP contribution in [-0.2, 0) is 9.84 Å². The molecule has 0 spiro atoms. The Morgan fingerprint density at radius 2 is 2.10 bits per heavy atom. The monoisotopic (exact) mass is 459 g/mol. The third kappa shape index (κ3) is 4.43. The number of hydrogen-bond acceptors (Lipinski definition) is 6. The van der Waals surface area contributed by atoms with Crippen LogP contribution in [0.25, 0.3) is 5.69 Å². The highest BCUT2D eigenvalue weighted by Crippen LogP contribution is 2.30. The van der Waals surface area contributed by atoms with Crippen molar-refractivity contribution in [2.45, 2.75) is 31.5 Å². The van der Waals surface area contributed by atoms with Gasteiger partial charge in [-0.25, -0.2) is 13.4 Å². The largest absolute Gasteiger partial charge is 0.497 e. The molecule has 164 valence electrons. The molecule has 1 aliphatic rings. The van der Waals surface area contributed by atoms with Crippen LogP contribution in [0.4, 0.5) is 0 Å². The fourth-order valence-corrected chi connectivity index (χ4v) is 6.72. The Morgan fingerprint density at radius 3 is 2.81 bits per heavy atom. The van der Waals surface area contributed by atoms with Crippen molar-refractivity contribution < 1.29 is 17.9 Å². The Hall–Kier alpha value is -2.52. The first-order valence-electron chi connectivity index (χ1n) is 10.0. The van der Waals surface area contributed by atoms with Crippen molar-refractivity contribution >= 4 is 27.4 Å². The van der Waals surface area contributed by atoms with Gasteiger partial charge in [0, 0.05) is 41.5 Å². The van der Waals surface area contributed by atoms with Crippen molar-refractivity contribution in [2.24, 2.45) is 0 Å².